The van der Waals surface area contributed by atoms with Gasteiger partial charge in [-0.15, -0.1) is 0 Å². The molecule has 9 nitrogen and oxygen atoms in total. The first-order valence-corrected chi connectivity index (χ1v) is 13.4. The van der Waals surface area contributed by atoms with Crippen molar-refractivity contribution in [2.24, 2.45) is 0 Å². The van der Waals surface area contributed by atoms with Crippen molar-refractivity contribution in [3.05, 3.63) is 53.1 Å². The molecule has 0 bridgehead atoms. The summed E-state index contributed by atoms with van der Waals surface area (Å²) in [5.41, 5.74) is 0.341. The zero-order valence-electron chi connectivity index (χ0n) is 21.7. The van der Waals surface area contributed by atoms with Crippen LogP contribution in [0.2, 0.25) is 5.02 Å². The first-order valence-electron chi connectivity index (χ1n) is 11.2. The van der Waals surface area contributed by atoms with Gasteiger partial charge in [0.2, 0.25) is 21.8 Å². The molecule has 0 unspecified atom stereocenters. The molecule has 0 saturated heterocycles. The molecule has 1 atom stereocenters. The number of sulfonamides is 1. The van der Waals surface area contributed by atoms with Gasteiger partial charge < -0.3 is 19.7 Å². The van der Waals surface area contributed by atoms with Crippen molar-refractivity contribution in [2.45, 2.75) is 45.8 Å². The van der Waals surface area contributed by atoms with E-state index in [1.807, 2.05) is 20.8 Å². The molecule has 0 aliphatic carbocycles. The Hall–Kier alpha value is -2.98. The lowest BCUT2D eigenvalue weighted by Gasteiger charge is -2.33. The number of benzene rings is 2. The third-order valence-electron chi connectivity index (χ3n) is 5.24. The van der Waals surface area contributed by atoms with Gasteiger partial charge in [-0.25, -0.2) is 8.42 Å². The minimum atomic E-state index is -3.91. The van der Waals surface area contributed by atoms with Gasteiger partial charge in [-0.2, -0.15) is 0 Å². The van der Waals surface area contributed by atoms with Crippen LogP contribution in [0.15, 0.2) is 42.5 Å². The first kappa shape index (κ1) is 29.3. The molecular weight excluding hydrogens is 506 g/mol. The van der Waals surface area contributed by atoms with Gasteiger partial charge in [-0.05, 0) is 57.5 Å². The summed E-state index contributed by atoms with van der Waals surface area (Å²) < 4.78 is 37.1. The van der Waals surface area contributed by atoms with E-state index in [9.17, 15) is 18.0 Å². The zero-order chi connectivity index (χ0) is 27.3. The molecule has 2 amide bonds. The summed E-state index contributed by atoms with van der Waals surface area (Å²) in [6.07, 6.45) is 1.00. The average molecular weight is 540 g/mol. The number of amides is 2. The summed E-state index contributed by atoms with van der Waals surface area (Å²) in [6, 6.07) is 10.6. The molecule has 2 aromatic carbocycles. The van der Waals surface area contributed by atoms with Crippen molar-refractivity contribution >= 4 is 39.1 Å². The topological polar surface area (TPSA) is 105 Å². The fraction of sp³-hybridized carbons (Fsp3) is 0.440. The lowest BCUT2D eigenvalue weighted by atomic mass is 10.1. The standard InChI is InChI=1S/C25H34ClN3O6S/c1-17(24(31)27-25(2,3)4)28(15-18-9-8-10-19(26)13-18)23(30)16-29(36(7,32)33)21-12-11-20(34-5)14-22(21)35-6/h8-14,17H,15-16H2,1-7H3,(H,27,31)/t17-/m1/s1. The van der Waals surface area contributed by atoms with Gasteiger partial charge in [-0.1, -0.05) is 23.7 Å². The Morgan fingerprint density at radius 2 is 1.75 bits per heavy atom. The molecule has 1 N–H and O–H groups in total. The smallest absolute Gasteiger partial charge is 0.244 e. The van der Waals surface area contributed by atoms with Crippen LogP contribution in [-0.2, 0) is 26.2 Å². The molecule has 0 saturated carbocycles. The number of nitrogens with one attached hydrogen (secondary N) is 1. The summed E-state index contributed by atoms with van der Waals surface area (Å²) in [7, 11) is -1.04. The van der Waals surface area contributed by atoms with Crippen LogP contribution in [0, 0.1) is 0 Å². The second-order valence-electron chi connectivity index (χ2n) is 9.37. The highest BCUT2D eigenvalue weighted by molar-refractivity contribution is 7.92. The van der Waals surface area contributed by atoms with E-state index in [0.717, 1.165) is 10.6 Å². The van der Waals surface area contributed by atoms with Crippen molar-refractivity contribution in [1.29, 1.82) is 0 Å². The lowest BCUT2D eigenvalue weighted by molar-refractivity contribution is -0.140. The Bertz CT molecular complexity index is 1200. The van der Waals surface area contributed by atoms with Crippen LogP contribution >= 0.6 is 11.6 Å². The highest BCUT2D eigenvalue weighted by Crippen LogP contribution is 2.33. The Kier molecular flexibility index (Phi) is 9.62. The molecule has 0 radical (unpaired) electrons. The van der Waals surface area contributed by atoms with E-state index in [0.29, 0.717) is 16.3 Å². The number of halogens is 1. The third-order valence-corrected chi connectivity index (χ3v) is 6.60. The Balaban J connectivity index is 2.48. The Morgan fingerprint density at radius 1 is 1.08 bits per heavy atom. The number of hydrogen-bond acceptors (Lipinski definition) is 6. The minimum Gasteiger partial charge on any atom is -0.497 e. The molecule has 2 rings (SSSR count). The number of hydrogen-bond donors (Lipinski definition) is 1. The number of nitrogens with zero attached hydrogens (tertiary/aromatic N) is 2. The van der Waals surface area contributed by atoms with E-state index in [4.69, 9.17) is 21.1 Å². The van der Waals surface area contributed by atoms with Crippen molar-refractivity contribution in [1.82, 2.24) is 10.2 Å². The fourth-order valence-electron chi connectivity index (χ4n) is 3.47. The highest BCUT2D eigenvalue weighted by Gasteiger charge is 2.32. The second-order valence-corrected chi connectivity index (χ2v) is 11.7. The van der Waals surface area contributed by atoms with Crippen LogP contribution in [0.1, 0.15) is 33.3 Å². The van der Waals surface area contributed by atoms with Gasteiger partial charge in [-0.3, -0.25) is 13.9 Å². The molecule has 0 aromatic heterocycles. The van der Waals surface area contributed by atoms with Crippen molar-refractivity contribution < 1.29 is 27.5 Å². The summed E-state index contributed by atoms with van der Waals surface area (Å²) in [4.78, 5) is 28.0. The lowest BCUT2D eigenvalue weighted by Crippen LogP contribution is -2.54. The normalized spacial score (nSPS) is 12.4. The number of anilines is 1. The highest BCUT2D eigenvalue weighted by atomic mass is 35.5. The molecule has 198 valence electrons. The quantitative estimate of drug-likeness (QED) is 0.496. The number of carbonyl (C=O) groups excluding carboxylic acids is 2. The predicted molar refractivity (Wildman–Crippen MR) is 141 cm³/mol. The predicted octanol–water partition coefficient (Wildman–Crippen LogP) is 3.46. The molecule has 0 fully saturated rings. The molecule has 0 spiro atoms. The molecule has 11 heteroatoms. The van der Waals surface area contributed by atoms with E-state index in [1.165, 1.54) is 31.3 Å². The number of methoxy groups -OCH3 is 2. The maximum Gasteiger partial charge on any atom is 0.244 e. The van der Waals surface area contributed by atoms with Gasteiger partial charge in [0, 0.05) is 23.2 Å². The summed E-state index contributed by atoms with van der Waals surface area (Å²) in [6.45, 7) is 6.61. The molecule has 36 heavy (non-hydrogen) atoms. The van der Waals surface area contributed by atoms with Crippen LogP contribution in [0.4, 0.5) is 5.69 Å². The van der Waals surface area contributed by atoms with E-state index >= 15 is 0 Å². The molecule has 2 aromatic rings. The van der Waals surface area contributed by atoms with Crippen LogP contribution < -0.4 is 19.1 Å². The van der Waals surface area contributed by atoms with Gasteiger partial charge in [0.1, 0.15) is 24.1 Å². The zero-order valence-corrected chi connectivity index (χ0v) is 23.2. The number of ether oxygens (including phenoxy) is 2. The largest absolute Gasteiger partial charge is 0.497 e. The van der Waals surface area contributed by atoms with Crippen molar-refractivity contribution in [3.63, 3.8) is 0 Å². The third kappa shape index (κ3) is 8.03. The van der Waals surface area contributed by atoms with Crippen LogP contribution in [0.25, 0.3) is 0 Å². The van der Waals surface area contributed by atoms with Crippen molar-refractivity contribution in [3.8, 4) is 11.5 Å². The molecule has 0 aliphatic heterocycles. The molecular formula is C25H34ClN3O6S. The van der Waals surface area contributed by atoms with Gasteiger partial charge in [0.15, 0.2) is 0 Å². The van der Waals surface area contributed by atoms with E-state index in [2.05, 4.69) is 5.32 Å². The summed E-state index contributed by atoms with van der Waals surface area (Å²) >= 11 is 6.13. The van der Waals surface area contributed by atoms with Gasteiger partial charge >= 0.3 is 0 Å². The van der Waals surface area contributed by atoms with Gasteiger partial charge in [0.25, 0.3) is 0 Å². The van der Waals surface area contributed by atoms with Crippen LogP contribution in [0.3, 0.4) is 0 Å². The molecule has 0 heterocycles. The maximum absolute atomic E-state index is 13.6. The minimum absolute atomic E-state index is 0.0511. The van der Waals surface area contributed by atoms with Crippen molar-refractivity contribution in [2.75, 3.05) is 31.3 Å². The van der Waals surface area contributed by atoms with Crippen LogP contribution in [0.5, 0.6) is 11.5 Å². The average Bonchev–Trinajstić information content (AvgIpc) is 2.78. The van der Waals surface area contributed by atoms with E-state index in [-0.39, 0.29) is 23.9 Å². The maximum atomic E-state index is 13.6. The second kappa shape index (κ2) is 11.8. The SMILES string of the molecule is COc1ccc(N(CC(=O)N(Cc2cccc(Cl)c2)[C@H](C)C(=O)NC(C)(C)C)S(C)(=O)=O)c(OC)c1. The first-order chi connectivity index (χ1) is 16.7. The number of carbonyl (C=O) groups is 2. The van der Waals surface area contributed by atoms with Gasteiger partial charge in [0.05, 0.1) is 26.2 Å². The summed E-state index contributed by atoms with van der Waals surface area (Å²) in [5, 5.41) is 3.35. The number of rotatable bonds is 10. The molecule has 0 aliphatic rings. The monoisotopic (exact) mass is 539 g/mol. The Morgan fingerprint density at radius 3 is 2.28 bits per heavy atom. The van der Waals surface area contributed by atoms with Crippen LogP contribution in [-0.4, -0.2) is 63.7 Å². The van der Waals surface area contributed by atoms with E-state index in [1.54, 1.807) is 37.3 Å². The fourth-order valence-corrected chi connectivity index (χ4v) is 4.54. The summed E-state index contributed by atoms with van der Waals surface area (Å²) in [5.74, 6) is -0.265. The van der Waals surface area contributed by atoms with E-state index < -0.39 is 34.1 Å². The Labute approximate surface area is 218 Å².